The highest BCUT2D eigenvalue weighted by Gasteiger charge is 2.35. The number of sulfonamides is 2. The van der Waals surface area contributed by atoms with E-state index in [0.29, 0.717) is 55.8 Å². The number of carbonyl (C=O) groups is 2. The van der Waals surface area contributed by atoms with E-state index in [-0.39, 0.29) is 49.5 Å². The topological polar surface area (TPSA) is 290 Å². The molecule has 12 rings (SSSR count). The Balaban J connectivity index is 0.000000152. The summed E-state index contributed by atoms with van der Waals surface area (Å²) in [7, 11) is 6.79. The molecule has 0 saturated heterocycles. The van der Waals surface area contributed by atoms with Gasteiger partial charge in [-0.1, -0.05) is 0 Å². The van der Waals surface area contributed by atoms with Crippen LogP contribution in [0, 0.1) is 0 Å². The lowest BCUT2D eigenvalue weighted by Crippen LogP contribution is -2.38. The fourth-order valence-corrected chi connectivity index (χ4v) is 19.5. The number of aliphatic hydroxyl groups is 1. The van der Waals surface area contributed by atoms with Crippen molar-refractivity contribution in [1.29, 1.82) is 0 Å². The molecule has 90 heavy (non-hydrogen) atoms. The molecule has 6 aromatic rings. The third-order valence-electron chi connectivity index (χ3n) is 17.4. The Bertz CT molecular complexity index is 3810. The number of thiophene rings is 3. The molecular weight excluding hydrogens is 1300 g/mol. The molecule has 24 nitrogen and oxygen atoms in total. The normalized spacial score (nSPS) is 22.5. The lowest BCUT2D eigenvalue weighted by Gasteiger charge is -2.32. The summed E-state index contributed by atoms with van der Waals surface area (Å²) in [6.07, 6.45) is 20.5. The molecule has 0 spiro atoms. The number of aliphatic hydroxyl groups excluding tert-OH is 1. The third-order valence-corrected chi connectivity index (χ3v) is 25.8. The van der Waals surface area contributed by atoms with Crippen LogP contribution in [-0.4, -0.2) is 217 Å². The van der Waals surface area contributed by atoms with E-state index in [0.717, 1.165) is 141 Å². The molecule has 0 aromatic carbocycles. The van der Waals surface area contributed by atoms with Crippen molar-refractivity contribution in [2.75, 3.05) is 85.8 Å². The van der Waals surface area contributed by atoms with Crippen molar-refractivity contribution in [3.8, 4) is 17.6 Å². The summed E-state index contributed by atoms with van der Waals surface area (Å²) in [4.78, 5) is 61.3. The number of Topliss-reactive ketones (excluding diaryl/α,β-unsaturated/α-hetero) is 2. The zero-order valence-corrected chi connectivity index (χ0v) is 58.2. The molecule has 0 bridgehead atoms. The van der Waals surface area contributed by atoms with Crippen LogP contribution < -0.4 is 19.5 Å². The number of ether oxygens (including phenoxy) is 3. The SMILES string of the molecule is CC(=O)CS(=O)(=O)Cl.CC(=O)CS(=O)(=O)N1CCc2sc3ncnc(OC4CCC(N(C)C)CC4)c3c2C1.CN(C)C1CCC(Oc2ncnc3sc4c(c23)CN(S(=O)(=O)CCO)CC4)CC1.CN(C)C1CCC(Oc2ncnc3sc4c(c23)CNCC4)CC1. The smallest absolute Gasteiger partial charge is 0.239 e. The van der Waals surface area contributed by atoms with Gasteiger partial charge >= 0.3 is 0 Å². The molecule has 496 valence electrons. The van der Waals surface area contributed by atoms with Crippen molar-refractivity contribution < 1.29 is 54.2 Å². The molecule has 3 aliphatic heterocycles. The molecule has 2 N–H and O–H groups in total. The lowest BCUT2D eigenvalue weighted by atomic mass is 9.92. The zero-order chi connectivity index (χ0) is 64.7. The largest absolute Gasteiger partial charge is 0.474 e. The molecule has 0 radical (unpaired) electrons. The van der Waals surface area contributed by atoms with Crippen LogP contribution in [0.3, 0.4) is 0 Å². The van der Waals surface area contributed by atoms with Gasteiger partial charge in [-0.05, 0) is 169 Å². The molecule has 0 unspecified atom stereocenters. The summed E-state index contributed by atoms with van der Waals surface area (Å²) in [5.74, 6) is -0.159. The third kappa shape index (κ3) is 17.9. The van der Waals surface area contributed by atoms with Gasteiger partial charge in [-0.2, -0.15) is 8.61 Å². The first kappa shape index (κ1) is 70.0. The Hall–Kier alpha value is -4.28. The number of fused-ring (bicyclic) bond motifs is 9. The number of carbonyl (C=O) groups excluding carboxylic acids is 2. The summed E-state index contributed by atoms with van der Waals surface area (Å²) >= 11 is 4.98. The van der Waals surface area contributed by atoms with Gasteiger partial charge in [0.1, 0.15) is 74.9 Å². The quantitative estimate of drug-likeness (QED) is 0.0912. The number of nitrogens with one attached hydrogen (secondary N) is 1. The van der Waals surface area contributed by atoms with E-state index in [1.54, 1.807) is 40.3 Å². The second-order valence-corrected chi connectivity index (χ2v) is 34.7. The second kappa shape index (κ2) is 30.9. The molecule has 6 aromatic heterocycles. The van der Waals surface area contributed by atoms with Gasteiger partial charge in [-0.15, -0.1) is 34.0 Å². The van der Waals surface area contributed by atoms with Gasteiger partial charge in [-0.3, -0.25) is 9.59 Å². The van der Waals surface area contributed by atoms with E-state index in [4.69, 9.17) is 19.3 Å². The molecule has 6 aliphatic rings. The van der Waals surface area contributed by atoms with E-state index in [2.05, 4.69) is 103 Å². The molecule has 3 saturated carbocycles. The Morgan fingerprint density at radius 1 is 0.544 bits per heavy atom. The number of hydrogen-bond acceptors (Lipinski definition) is 25. The van der Waals surface area contributed by atoms with E-state index < -0.39 is 46.4 Å². The van der Waals surface area contributed by atoms with E-state index in [9.17, 15) is 34.8 Å². The second-order valence-electron chi connectivity index (χ2n) is 24.6. The predicted octanol–water partition coefficient (Wildman–Crippen LogP) is 6.58. The van der Waals surface area contributed by atoms with Crippen LogP contribution in [0.5, 0.6) is 17.6 Å². The summed E-state index contributed by atoms with van der Waals surface area (Å²) in [5, 5.41) is 15.4. The van der Waals surface area contributed by atoms with Crippen molar-refractivity contribution in [3.63, 3.8) is 0 Å². The standard InChI is InChI=1S/C20H28N4O4S2.C19H28N4O4S2.C17H24N4OS.C3H5ClO3S/c1-13(25)11-30(26,27)24-9-8-17-16(10-24)18-19(21-12-22-20(18)29-17)28-15-6-4-14(5-7-15)23(2)3;1-22(2)13-3-5-14(6-4-13)27-18-17-15-11-23(29(25,26)10-9-24)8-7-16(15)28-19(17)21-12-20-18;1-21(2)11-3-5-12(6-4-11)22-16-15-13-9-18-8-7-14(13)23-17(15)20-10-19-16;1-3(5)2-8(4,6)7/h12,14-15H,4-11H2,1-3H3;12-14,24H,3-11H2,1-2H3;10-12,18H,3-9H2,1-2H3;2H2,1H3. The lowest BCUT2D eigenvalue weighted by molar-refractivity contribution is -0.115. The van der Waals surface area contributed by atoms with E-state index in [1.807, 2.05) is 0 Å². The minimum absolute atomic E-state index is 0.107. The molecule has 3 fully saturated rings. The van der Waals surface area contributed by atoms with Crippen molar-refractivity contribution in [3.05, 3.63) is 50.3 Å². The maximum Gasteiger partial charge on any atom is 0.239 e. The highest BCUT2D eigenvalue weighted by Crippen LogP contribution is 2.43. The van der Waals surface area contributed by atoms with Crippen LogP contribution >= 0.6 is 44.7 Å². The van der Waals surface area contributed by atoms with Gasteiger partial charge in [0.15, 0.2) is 0 Å². The first-order valence-corrected chi connectivity index (χ1v) is 38.8. The first-order chi connectivity index (χ1) is 42.8. The number of halogens is 1. The van der Waals surface area contributed by atoms with E-state index >= 15 is 0 Å². The predicted molar refractivity (Wildman–Crippen MR) is 353 cm³/mol. The van der Waals surface area contributed by atoms with Gasteiger partial charge < -0.3 is 39.3 Å². The first-order valence-electron chi connectivity index (χ1n) is 30.7. The minimum Gasteiger partial charge on any atom is -0.474 e. The van der Waals surface area contributed by atoms with Gasteiger partial charge in [0.25, 0.3) is 0 Å². The van der Waals surface area contributed by atoms with E-state index in [1.165, 1.54) is 58.4 Å². The molecule has 31 heteroatoms. The molecule has 9 heterocycles. The highest BCUT2D eigenvalue weighted by molar-refractivity contribution is 8.14. The van der Waals surface area contributed by atoms with Crippen LogP contribution in [0.4, 0.5) is 0 Å². The summed E-state index contributed by atoms with van der Waals surface area (Å²) in [6.45, 7) is 5.40. The molecule has 0 atom stereocenters. The number of hydrogen-bond donors (Lipinski definition) is 2. The van der Waals surface area contributed by atoms with Crippen molar-refractivity contribution in [1.82, 2.24) is 58.5 Å². The number of nitrogens with zero attached hydrogens (tertiary/aromatic N) is 11. The van der Waals surface area contributed by atoms with Crippen molar-refractivity contribution in [2.45, 2.75) is 166 Å². The van der Waals surface area contributed by atoms with Crippen LogP contribution in [0.1, 0.15) is 122 Å². The van der Waals surface area contributed by atoms with Crippen LogP contribution in [0.2, 0.25) is 0 Å². The Kier molecular flexibility index (Phi) is 24.0. The van der Waals surface area contributed by atoms with Crippen molar-refractivity contribution in [2.24, 2.45) is 0 Å². The maximum atomic E-state index is 12.6. The van der Waals surface area contributed by atoms with Crippen LogP contribution in [0.15, 0.2) is 19.0 Å². The van der Waals surface area contributed by atoms with Gasteiger partial charge in [0.05, 0.1) is 28.5 Å². The number of aromatic nitrogens is 6. The average Bonchev–Trinajstić information content (AvgIpc) is 4.22. The monoisotopic (exact) mass is 1380 g/mol. The summed E-state index contributed by atoms with van der Waals surface area (Å²) in [5.41, 5.74) is 3.23. The minimum atomic E-state index is -3.62. The molecule has 3 aliphatic carbocycles. The Morgan fingerprint density at radius 3 is 1.23 bits per heavy atom. The van der Waals surface area contributed by atoms with Crippen LogP contribution in [0.25, 0.3) is 30.6 Å². The Labute approximate surface area is 545 Å². The maximum absolute atomic E-state index is 12.6. The summed E-state index contributed by atoms with van der Waals surface area (Å²) in [6, 6.07) is 1.88. The fourth-order valence-electron chi connectivity index (χ4n) is 12.6. The fraction of sp³-hybridized carbons (Fsp3) is 0.661. The number of rotatable bonds is 17. The molecule has 0 amide bonds. The summed E-state index contributed by atoms with van der Waals surface area (Å²) < 4.78 is 91.9. The van der Waals surface area contributed by atoms with Gasteiger partial charge in [0.2, 0.25) is 46.7 Å². The molecular formula is C59H85ClN12O12S6. The van der Waals surface area contributed by atoms with Gasteiger partial charge in [0, 0.05) is 82.7 Å². The van der Waals surface area contributed by atoms with Crippen LogP contribution in [-0.2, 0) is 77.6 Å². The van der Waals surface area contributed by atoms with Gasteiger partial charge in [-0.25, -0.2) is 55.2 Å². The number of ketones is 2. The Morgan fingerprint density at radius 2 is 0.900 bits per heavy atom. The van der Waals surface area contributed by atoms with Crippen molar-refractivity contribution >= 4 is 116 Å². The zero-order valence-electron chi connectivity index (χ0n) is 52.6. The average molecular weight is 1380 g/mol. The highest BCUT2D eigenvalue weighted by atomic mass is 35.7.